The van der Waals surface area contributed by atoms with E-state index in [0.29, 0.717) is 23.7 Å². The van der Waals surface area contributed by atoms with Gasteiger partial charge in [0.15, 0.2) is 0 Å². The average molecular weight is 253 g/mol. The lowest BCUT2D eigenvalue weighted by Gasteiger charge is -2.17. The van der Waals surface area contributed by atoms with E-state index in [-0.39, 0.29) is 18.4 Å². The second kappa shape index (κ2) is 4.75. The Morgan fingerprint density at radius 1 is 1.59 bits per heavy atom. The minimum absolute atomic E-state index is 0.0999. The average Bonchev–Trinajstić information content (AvgIpc) is 2.51. The Hall–Kier alpha value is -1.56. The van der Waals surface area contributed by atoms with Crippen LogP contribution in [-0.4, -0.2) is 36.3 Å². The summed E-state index contributed by atoms with van der Waals surface area (Å²) in [6, 6.07) is 1.69. The summed E-state index contributed by atoms with van der Waals surface area (Å²) in [6.07, 6.45) is 0.789. The highest BCUT2D eigenvalue weighted by molar-refractivity contribution is 7.14. The van der Waals surface area contributed by atoms with Gasteiger partial charge in [-0.3, -0.25) is 9.59 Å². The molecule has 3 N–H and O–H groups in total. The summed E-state index contributed by atoms with van der Waals surface area (Å²) in [6.45, 7) is 3.25. The quantitative estimate of drug-likeness (QED) is 0.769. The Balaban J connectivity index is 2.15. The van der Waals surface area contributed by atoms with E-state index < -0.39 is 0 Å². The molecular weight excluding hydrogens is 238 g/mol. The maximum Gasteiger partial charge on any atom is 0.264 e. The van der Waals surface area contributed by atoms with E-state index in [1.807, 2.05) is 6.92 Å². The number of nitrogens with one attached hydrogen (secondary N) is 1. The van der Waals surface area contributed by atoms with Gasteiger partial charge >= 0.3 is 0 Å². The van der Waals surface area contributed by atoms with Gasteiger partial charge in [0.2, 0.25) is 5.91 Å². The smallest absolute Gasteiger partial charge is 0.264 e. The number of hydrogen-bond acceptors (Lipinski definition) is 4. The molecule has 0 bridgehead atoms. The van der Waals surface area contributed by atoms with E-state index >= 15 is 0 Å². The lowest BCUT2D eigenvalue weighted by atomic mass is 10.3. The number of nitrogens with zero attached hydrogens (tertiary/aromatic N) is 1. The molecule has 0 aromatic carbocycles. The molecule has 2 heterocycles. The van der Waals surface area contributed by atoms with Gasteiger partial charge in [0, 0.05) is 23.7 Å². The summed E-state index contributed by atoms with van der Waals surface area (Å²) in [5, 5.41) is 2.74. The lowest BCUT2D eigenvalue weighted by molar-refractivity contribution is -0.121. The summed E-state index contributed by atoms with van der Waals surface area (Å²) >= 11 is 1.38. The van der Waals surface area contributed by atoms with Crippen molar-refractivity contribution in [3.63, 3.8) is 0 Å². The Bertz CT molecular complexity index is 436. The Labute approximate surface area is 104 Å². The van der Waals surface area contributed by atoms with Crippen LogP contribution in [0.1, 0.15) is 21.0 Å². The van der Waals surface area contributed by atoms with Crippen LogP contribution in [-0.2, 0) is 4.79 Å². The highest BCUT2D eigenvalue weighted by Crippen LogP contribution is 2.24. The topological polar surface area (TPSA) is 75.4 Å². The Morgan fingerprint density at radius 3 is 3.00 bits per heavy atom. The van der Waals surface area contributed by atoms with Crippen LogP contribution in [0, 0.1) is 6.92 Å². The van der Waals surface area contributed by atoms with E-state index in [2.05, 4.69) is 5.32 Å². The van der Waals surface area contributed by atoms with Gasteiger partial charge in [-0.1, -0.05) is 0 Å². The lowest BCUT2D eigenvalue weighted by Crippen LogP contribution is -2.37. The molecule has 92 valence electrons. The molecule has 1 fully saturated rings. The molecule has 1 saturated heterocycles. The van der Waals surface area contributed by atoms with Crippen LogP contribution in [0.4, 0.5) is 5.69 Å². The fraction of sp³-hybridized carbons (Fsp3) is 0.455. The Morgan fingerprint density at radius 2 is 2.35 bits per heavy atom. The molecular formula is C11H15N3O2S. The van der Waals surface area contributed by atoms with Crippen LogP contribution in [0.25, 0.3) is 0 Å². The molecule has 1 aliphatic rings. The van der Waals surface area contributed by atoms with Gasteiger partial charge in [-0.25, -0.2) is 0 Å². The van der Waals surface area contributed by atoms with Crippen LogP contribution in [0.5, 0.6) is 0 Å². The molecule has 0 saturated carbocycles. The van der Waals surface area contributed by atoms with Gasteiger partial charge in [0.25, 0.3) is 5.91 Å². The van der Waals surface area contributed by atoms with Crippen molar-refractivity contribution in [1.29, 1.82) is 0 Å². The molecule has 17 heavy (non-hydrogen) atoms. The predicted octanol–water partition coefficient (Wildman–Crippen LogP) is 0.601. The van der Waals surface area contributed by atoms with E-state index in [4.69, 9.17) is 5.73 Å². The summed E-state index contributed by atoms with van der Waals surface area (Å²) in [5.41, 5.74) is 6.36. The molecule has 0 aliphatic carbocycles. The third-order valence-corrected chi connectivity index (χ3v) is 3.77. The Kier molecular flexibility index (Phi) is 3.33. The molecule has 0 unspecified atom stereocenters. The molecule has 2 rings (SSSR count). The van der Waals surface area contributed by atoms with Gasteiger partial charge in [0.05, 0.1) is 11.4 Å². The highest BCUT2D eigenvalue weighted by atomic mass is 32.1. The van der Waals surface area contributed by atoms with Crippen molar-refractivity contribution < 1.29 is 9.59 Å². The van der Waals surface area contributed by atoms with Crippen molar-refractivity contribution in [3.8, 4) is 0 Å². The molecule has 1 aromatic heterocycles. The van der Waals surface area contributed by atoms with Gasteiger partial charge in [-0.2, -0.15) is 0 Å². The number of rotatable bonds is 1. The van der Waals surface area contributed by atoms with Crippen LogP contribution in [0.2, 0.25) is 0 Å². The first-order valence-electron chi connectivity index (χ1n) is 5.50. The number of anilines is 1. The van der Waals surface area contributed by atoms with E-state index in [1.54, 1.807) is 11.0 Å². The highest BCUT2D eigenvalue weighted by Gasteiger charge is 2.22. The summed E-state index contributed by atoms with van der Waals surface area (Å²) in [4.78, 5) is 26.7. The first-order valence-corrected chi connectivity index (χ1v) is 6.31. The number of hydrogen-bond donors (Lipinski definition) is 2. The normalized spacial score (nSPS) is 16.5. The maximum absolute atomic E-state index is 12.2. The zero-order chi connectivity index (χ0) is 12.4. The number of carbonyl (C=O) groups is 2. The summed E-state index contributed by atoms with van der Waals surface area (Å²) in [5.74, 6) is -0.205. The van der Waals surface area contributed by atoms with Gasteiger partial charge in [0.1, 0.15) is 0 Å². The van der Waals surface area contributed by atoms with Crippen molar-refractivity contribution >= 4 is 28.8 Å². The zero-order valence-corrected chi connectivity index (χ0v) is 10.5. The third-order valence-electron chi connectivity index (χ3n) is 2.72. The predicted molar refractivity (Wildman–Crippen MR) is 67.0 cm³/mol. The molecule has 2 amide bonds. The van der Waals surface area contributed by atoms with Crippen molar-refractivity contribution in [2.24, 2.45) is 0 Å². The van der Waals surface area contributed by atoms with Gasteiger partial charge in [-0.15, -0.1) is 11.3 Å². The van der Waals surface area contributed by atoms with Gasteiger partial charge in [-0.05, 0) is 19.4 Å². The van der Waals surface area contributed by atoms with Crippen molar-refractivity contribution in [2.45, 2.75) is 13.3 Å². The molecule has 0 spiro atoms. The second-order valence-corrected chi connectivity index (χ2v) is 5.31. The van der Waals surface area contributed by atoms with Crippen LogP contribution in [0.3, 0.4) is 0 Å². The number of nitrogen functional groups attached to an aromatic ring is 1. The fourth-order valence-corrected chi connectivity index (χ4v) is 2.65. The van der Waals surface area contributed by atoms with Crippen molar-refractivity contribution in [3.05, 3.63) is 15.8 Å². The van der Waals surface area contributed by atoms with Crippen molar-refractivity contribution in [1.82, 2.24) is 10.2 Å². The molecule has 0 atom stereocenters. The number of aryl methyl sites for hydroxylation is 1. The molecule has 6 heteroatoms. The van der Waals surface area contributed by atoms with E-state index in [1.165, 1.54) is 11.3 Å². The molecule has 0 radical (unpaired) electrons. The van der Waals surface area contributed by atoms with E-state index in [9.17, 15) is 9.59 Å². The third kappa shape index (κ3) is 2.58. The molecule has 1 aliphatic heterocycles. The number of thiophene rings is 1. The SMILES string of the molecule is Cc1sc(C(=O)N2CCCNC(=O)C2)cc1N. The first kappa shape index (κ1) is 11.9. The van der Waals surface area contributed by atoms with Gasteiger partial charge < -0.3 is 16.0 Å². The second-order valence-electron chi connectivity index (χ2n) is 4.05. The standard InChI is InChI=1S/C11H15N3O2S/c1-7-8(12)5-9(17-7)11(16)14-4-2-3-13-10(15)6-14/h5H,2-4,6,12H2,1H3,(H,13,15). The van der Waals surface area contributed by atoms with Crippen LogP contribution >= 0.6 is 11.3 Å². The van der Waals surface area contributed by atoms with Crippen LogP contribution in [0.15, 0.2) is 6.07 Å². The minimum Gasteiger partial charge on any atom is -0.398 e. The summed E-state index contributed by atoms with van der Waals surface area (Å²) < 4.78 is 0. The molecule has 5 nitrogen and oxygen atoms in total. The van der Waals surface area contributed by atoms with Crippen molar-refractivity contribution in [2.75, 3.05) is 25.4 Å². The van der Waals surface area contributed by atoms with Crippen LogP contribution < -0.4 is 11.1 Å². The van der Waals surface area contributed by atoms with E-state index in [0.717, 1.165) is 11.3 Å². The minimum atomic E-state index is -0.105. The molecule has 1 aromatic rings. The number of amides is 2. The first-order chi connectivity index (χ1) is 8.08. The number of carbonyl (C=O) groups excluding carboxylic acids is 2. The largest absolute Gasteiger partial charge is 0.398 e. The summed E-state index contributed by atoms with van der Waals surface area (Å²) in [7, 11) is 0. The zero-order valence-electron chi connectivity index (χ0n) is 9.66. The fourth-order valence-electron chi connectivity index (χ4n) is 1.74. The number of nitrogens with two attached hydrogens (primary N) is 1. The monoisotopic (exact) mass is 253 g/mol. The maximum atomic E-state index is 12.2.